The minimum absolute atomic E-state index is 0.167. The number of benzene rings is 2. The molecule has 0 amide bonds. The predicted molar refractivity (Wildman–Crippen MR) is 120 cm³/mol. The number of nitrogens with one attached hydrogen (secondary N) is 1. The Kier molecular flexibility index (Phi) is 5.59. The first kappa shape index (κ1) is 20.4. The Morgan fingerprint density at radius 3 is 2.38 bits per heavy atom. The van der Waals surface area contributed by atoms with Crippen LogP contribution in [0.2, 0.25) is 0 Å². The molecule has 0 saturated heterocycles. The van der Waals surface area contributed by atoms with Crippen LogP contribution in [0.1, 0.15) is 43.2 Å². The zero-order chi connectivity index (χ0) is 21.2. The van der Waals surface area contributed by atoms with Gasteiger partial charge in [-0.2, -0.15) is 5.10 Å². The molecule has 2 aromatic carbocycles. The largest absolute Gasteiger partial charge is 0.496 e. The van der Waals surface area contributed by atoms with Gasteiger partial charge in [-0.05, 0) is 53.8 Å². The molecule has 150 valence electrons. The van der Waals surface area contributed by atoms with Crippen molar-refractivity contribution in [2.45, 2.75) is 33.1 Å². The number of nitrogens with zero attached hydrogens (tertiary/aromatic N) is 1. The highest BCUT2D eigenvalue weighted by Gasteiger charge is 2.22. The lowest BCUT2D eigenvalue weighted by molar-refractivity contribution is 0.397. The molecule has 0 fully saturated rings. The SMILES string of the molecule is COc1c(/C=C/c2ccc(N)cc2)cc(-c2cc(C)n[nH]c2=O)cc1C(C)(C)C. The summed E-state index contributed by atoms with van der Waals surface area (Å²) >= 11 is 0. The first-order chi connectivity index (χ1) is 13.7. The number of methoxy groups -OCH3 is 1. The number of rotatable bonds is 4. The number of aromatic nitrogens is 2. The highest BCUT2D eigenvalue weighted by Crippen LogP contribution is 2.38. The van der Waals surface area contributed by atoms with Crippen LogP contribution in [0.3, 0.4) is 0 Å². The van der Waals surface area contributed by atoms with Crippen LogP contribution in [0.25, 0.3) is 23.3 Å². The minimum Gasteiger partial charge on any atom is -0.496 e. The third-order valence-corrected chi connectivity index (χ3v) is 4.76. The molecule has 1 aromatic heterocycles. The molecule has 0 spiro atoms. The zero-order valence-corrected chi connectivity index (χ0v) is 17.5. The molecule has 0 aliphatic carbocycles. The summed E-state index contributed by atoms with van der Waals surface area (Å²) in [6, 6.07) is 13.5. The molecule has 0 unspecified atom stereocenters. The molecule has 3 rings (SSSR count). The van der Waals surface area contributed by atoms with Gasteiger partial charge >= 0.3 is 0 Å². The highest BCUT2D eigenvalue weighted by molar-refractivity contribution is 5.78. The van der Waals surface area contributed by atoms with Gasteiger partial charge in [0.25, 0.3) is 5.56 Å². The number of anilines is 1. The monoisotopic (exact) mass is 389 g/mol. The average Bonchev–Trinajstić information content (AvgIpc) is 2.68. The van der Waals surface area contributed by atoms with Gasteiger partial charge in [0.1, 0.15) is 5.75 Å². The predicted octanol–water partition coefficient (Wildman–Crippen LogP) is 4.80. The second-order valence-electron chi connectivity index (χ2n) is 8.15. The fraction of sp³-hybridized carbons (Fsp3) is 0.250. The van der Waals surface area contributed by atoms with Crippen molar-refractivity contribution in [3.05, 3.63) is 75.2 Å². The Morgan fingerprint density at radius 1 is 1.07 bits per heavy atom. The first-order valence-corrected chi connectivity index (χ1v) is 9.52. The molecular formula is C24H27N3O2. The van der Waals surface area contributed by atoms with E-state index in [9.17, 15) is 4.79 Å². The van der Waals surface area contributed by atoms with Crippen molar-refractivity contribution in [2.75, 3.05) is 12.8 Å². The summed E-state index contributed by atoms with van der Waals surface area (Å²) in [6.45, 7) is 8.24. The van der Waals surface area contributed by atoms with E-state index in [1.54, 1.807) is 13.2 Å². The quantitative estimate of drug-likeness (QED) is 0.496. The van der Waals surface area contributed by atoms with E-state index in [1.165, 1.54) is 0 Å². The number of aromatic amines is 1. The van der Waals surface area contributed by atoms with Crippen LogP contribution >= 0.6 is 0 Å². The van der Waals surface area contributed by atoms with E-state index in [-0.39, 0.29) is 11.0 Å². The molecule has 0 atom stereocenters. The van der Waals surface area contributed by atoms with Crippen LogP contribution in [-0.2, 0) is 5.41 Å². The van der Waals surface area contributed by atoms with Crippen molar-refractivity contribution < 1.29 is 4.74 Å². The Hall–Kier alpha value is -3.34. The van der Waals surface area contributed by atoms with Crippen LogP contribution in [0.5, 0.6) is 5.75 Å². The van der Waals surface area contributed by atoms with Crippen molar-refractivity contribution in [1.82, 2.24) is 10.2 Å². The molecule has 29 heavy (non-hydrogen) atoms. The van der Waals surface area contributed by atoms with E-state index in [2.05, 4.69) is 31.0 Å². The van der Waals surface area contributed by atoms with Gasteiger partial charge in [0, 0.05) is 16.8 Å². The van der Waals surface area contributed by atoms with Gasteiger partial charge in [0.2, 0.25) is 0 Å². The number of hydrogen-bond acceptors (Lipinski definition) is 4. The molecule has 5 heteroatoms. The zero-order valence-electron chi connectivity index (χ0n) is 17.5. The second-order valence-corrected chi connectivity index (χ2v) is 8.15. The third kappa shape index (κ3) is 4.57. The van der Waals surface area contributed by atoms with Crippen LogP contribution < -0.4 is 16.0 Å². The lowest BCUT2D eigenvalue weighted by Crippen LogP contribution is -2.15. The standard InChI is InChI=1S/C24H27N3O2/c1-15-12-20(23(28)27-26-15)18-13-17(9-6-16-7-10-19(25)11-8-16)22(29-5)21(14-18)24(2,3)4/h6-14H,25H2,1-5H3,(H,27,28)/b9-6+. The van der Waals surface area contributed by atoms with Gasteiger partial charge in [0.05, 0.1) is 18.4 Å². The van der Waals surface area contributed by atoms with Crippen molar-refractivity contribution >= 4 is 17.8 Å². The summed E-state index contributed by atoms with van der Waals surface area (Å²) in [6.07, 6.45) is 4.01. The van der Waals surface area contributed by atoms with E-state index in [4.69, 9.17) is 10.5 Å². The smallest absolute Gasteiger partial charge is 0.272 e. The van der Waals surface area contributed by atoms with Crippen LogP contribution in [-0.4, -0.2) is 17.3 Å². The van der Waals surface area contributed by atoms with Gasteiger partial charge < -0.3 is 10.5 Å². The van der Waals surface area contributed by atoms with Gasteiger partial charge in [-0.1, -0.05) is 45.1 Å². The van der Waals surface area contributed by atoms with Crippen LogP contribution in [0.4, 0.5) is 5.69 Å². The molecule has 1 heterocycles. The topological polar surface area (TPSA) is 81.0 Å². The fourth-order valence-corrected chi connectivity index (χ4v) is 3.23. The third-order valence-electron chi connectivity index (χ3n) is 4.76. The summed E-state index contributed by atoms with van der Waals surface area (Å²) in [7, 11) is 1.67. The summed E-state index contributed by atoms with van der Waals surface area (Å²) in [5.41, 5.74) is 11.3. The van der Waals surface area contributed by atoms with E-state index in [0.29, 0.717) is 5.56 Å². The van der Waals surface area contributed by atoms with Crippen molar-refractivity contribution in [2.24, 2.45) is 0 Å². The molecule has 3 N–H and O–H groups in total. The Bertz CT molecular complexity index is 1100. The molecule has 0 saturated carbocycles. The summed E-state index contributed by atoms with van der Waals surface area (Å²) in [5.74, 6) is 0.801. The molecule has 0 aliphatic heterocycles. The summed E-state index contributed by atoms with van der Waals surface area (Å²) < 4.78 is 5.79. The van der Waals surface area contributed by atoms with Crippen molar-refractivity contribution in [3.63, 3.8) is 0 Å². The molecular weight excluding hydrogens is 362 g/mol. The van der Waals surface area contributed by atoms with E-state index in [0.717, 1.165) is 39.4 Å². The lowest BCUT2D eigenvalue weighted by atomic mass is 9.83. The first-order valence-electron chi connectivity index (χ1n) is 9.52. The molecule has 5 nitrogen and oxygen atoms in total. The maximum atomic E-state index is 12.4. The van der Waals surface area contributed by atoms with Crippen LogP contribution in [0.15, 0.2) is 47.3 Å². The molecule has 0 radical (unpaired) electrons. The maximum Gasteiger partial charge on any atom is 0.272 e. The number of aryl methyl sites for hydroxylation is 1. The van der Waals surface area contributed by atoms with Gasteiger partial charge in [0.15, 0.2) is 0 Å². The van der Waals surface area contributed by atoms with Crippen LogP contribution in [0, 0.1) is 6.92 Å². The van der Waals surface area contributed by atoms with E-state index >= 15 is 0 Å². The second kappa shape index (κ2) is 7.95. The number of ether oxygens (including phenoxy) is 1. The minimum atomic E-state index is -0.214. The number of H-pyrrole nitrogens is 1. The Labute approximate surface area is 171 Å². The molecule has 3 aromatic rings. The van der Waals surface area contributed by atoms with Crippen molar-refractivity contribution in [3.8, 4) is 16.9 Å². The number of nitrogen functional groups attached to an aromatic ring is 1. The fourth-order valence-electron chi connectivity index (χ4n) is 3.23. The lowest BCUT2D eigenvalue weighted by Gasteiger charge is -2.24. The normalized spacial score (nSPS) is 11.8. The van der Waals surface area contributed by atoms with E-state index in [1.807, 2.05) is 55.5 Å². The van der Waals surface area contributed by atoms with E-state index < -0.39 is 0 Å². The molecule has 0 bridgehead atoms. The summed E-state index contributed by atoms with van der Waals surface area (Å²) in [5, 5.41) is 6.56. The highest BCUT2D eigenvalue weighted by atomic mass is 16.5. The molecule has 0 aliphatic rings. The Morgan fingerprint density at radius 2 is 1.76 bits per heavy atom. The van der Waals surface area contributed by atoms with Gasteiger partial charge in [-0.15, -0.1) is 0 Å². The van der Waals surface area contributed by atoms with Gasteiger partial charge in [-0.25, -0.2) is 5.10 Å². The number of hydrogen-bond donors (Lipinski definition) is 2. The number of nitrogens with two attached hydrogens (primary N) is 1. The Balaban J connectivity index is 2.21. The summed E-state index contributed by atoms with van der Waals surface area (Å²) in [4.78, 5) is 12.4. The maximum absolute atomic E-state index is 12.4. The van der Waals surface area contributed by atoms with Gasteiger partial charge in [-0.3, -0.25) is 4.79 Å². The average molecular weight is 389 g/mol. The van der Waals surface area contributed by atoms with Crippen molar-refractivity contribution in [1.29, 1.82) is 0 Å².